The first-order chi connectivity index (χ1) is 15.6. The van der Waals surface area contributed by atoms with Crippen LogP contribution in [-0.4, -0.2) is 5.78 Å². The van der Waals surface area contributed by atoms with Gasteiger partial charge in [-0.3, -0.25) is 13.9 Å². The average molecular weight is 462 g/mol. The Labute approximate surface area is 187 Å². The van der Waals surface area contributed by atoms with E-state index in [1.54, 1.807) is 97.1 Å². The zero-order chi connectivity index (χ0) is 22.3. The van der Waals surface area contributed by atoms with Gasteiger partial charge < -0.3 is 9.05 Å². The van der Waals surface area contributed by atoms with Crippen LogP contribution in [0.4, 0.5) is 0 Å². The van der Waals surface area contributed by atoms with Crippen LogP contribution in [-0.2, 0) is 9.13 Å². The van der Waals surface area contributed by atoms with Crippen LogP contribution in [0.5, 0.6) is 11.5 Å². The Morgan fingerprint density at radius 1 is 0.500 bits per heavy atom. The summed E-state index contributed by atoms with van der Waals surface area (Å²) in [5.74, 6) is 0.697. The third-order valence-corrected chi connectivity index (χ3v) is 7.12. The summed E-state index contributed by atoms with van der Waals surface area (Å²) in [5, 5.41) is 1.27. The molecule has 32 heavy (non-hydrogen) atoms. The Morgan fingerprint density at radius 3 is 1.19 bits per heavy atom. The van der Waals surface area contributed by atoms with Crippen LogP contribution in [0.25, 0.3) is 0 Å². The number of ketones is 1. The smallest absolute Gasteiger partial charge is 0.265 e. The Balaban J connectivity index is 1.39. The number of benzene rings is 4. The van der Waals surface area contributed by atoms with Gasteiger partial charge in [0.2, 0.25) is 0 Å². The van der Waals surface area contributed by atoms with Gasteiger partial charge in [-0.1, -0.05) is 36.4 Å². The second-order valence-electron chi connectivity index (χ2n) is 6.89. The van der Waals surface area contributed by atoms with E-state index in [2.05, 4.69) is 0 Å². The average Bonchev–Trinajstić information content (AvgIpc) is 2.85. The van der Waals surface area contributed by atoms with Gasteiger partial charge in [-0.15, -0.1) is 0 Å². The van der Waals surface area contributed by atoms with Crippen LogP contribution in [0.15, 0.2) is 109 Å². The Hall–Kier alpha value is -3.39. The molecule has 4 aromatic carbocycles. The van der Waals surface area contributed by atoms with Gasteiger partial charge in [-0.05, 0) is 72.8 Å². The van der Waals surface area contributed by atoms with Crippen molar-refractivity contribution in [2.45, 2.75) is 0 Å². The molecule has 0 saturated carbocycles. The van der Waals surface area contributed by atoms with Crippen molar-refractivity contribution >= 4 is 32.4 Å². The van der Waals surface area contributed by atoms with Crippen LogP contribution in [0.3, 0.4) is 0 Å². The van der Waals surface area contributed by atoms with Crippen molar-refractivity contribution < 1.29 is 23.0 Å². The van der Waals surface area contributed by atoms with Crippen molar-refractivity contribution in [1.82, 2.24) is 0 Å². The minimum absolute atomic E-state index is 0.172. The molecule has 4 rings (SSSR count). The van der Waals surface area contributed by atoms with E-state index in [0.29, 0.717) is 33.2 Å². The molecule has 2 atom stereocenters. The number of rotatable bonds is 8. The predicted molar refractivity (Wildman–Crippen MR) is 128 cm³/mol. The van der Waals surface area contributed by atoms with Crippen LogP contribution < -0.4 is 19.7 Å². The van der Waals surface area contributed by atoms with Gasteiger partial charge in [-0.2, -0.15) is 0 Å². The molecule has 4 aromatic rings. The lowest BCUT2D eigenvalue weighted by Gasteiger charge is -2.08. The van der Waals surface area contributed by atoms with Crippen molar-refractivity contribution in [2.75, 3.05) is 0 Å². The molecule has 7 heteroatoms. The Bertz CT molecular complexity index is 1140. The number of hydrogen-bond donors (Lipinski definition) is 0. The number of carbonyl (C=O) groups excluding carboxylic acids is 1. The summed E-state index contributed by atoms with van der Waals surface area (Å²) in [6.45, 7) is 0. The monoisotopic (exact) mass is 462 g/mol. The summed E-state index contributed by atoms with van der Waals surface area (Å²) in [4.78, 5) is 12.8. The molecular weight excluding hydrogens is 442 g/mol. The van der Waals surface area contributed by atoms with Crippen molar-refractivity contribution in [1.29, 1.82) is 0 Å². The maximum atomic E-state index is 12.8. The van der Waals surface area contributed by atoms with Gasteiger partial charge >= 0.3 is 0 Å². The molecule has 0 aromatic heterocycles. The molecular formula is C25H20O5P2. The molecule has 2 unspecified atom stereocenters. The molecule has 0 fully saturated rings. The van der Waals surface area contributed by atoms with Gasteiger partial charge in [0.25, 0.3) is 16.1 Å². The van der Waals surface area contributed by atoms with Crippen molar-refractivity contribution in [2.24, 2.45) is 0 Å². The topological polar surface area (TPSA) is 69.7 Å². The SMILES string of the molecule is O=C(c1ccc(O[PH](=O)c2ccccc2)cc1)c1ccc(O[PH](=O)c2ccccc2)cc1. The van der Waals surface area contributed by atoms with Crippen LogP contribution in [0.1, 0.15) is 15.9 Å². The quantitative estimate of drug-likeness (QED) is 0.263. The molecule has 0 spiro atoms. The molecule has 0 aliphatic rings. The summed E-state index contributed by atoms with van der Waals surface area (Å²) in [6.07, 6.45) is 0. The summed E-state index contributed by atoms with van der Waals surface area (Å²) < 4.78 is 35.7. The summed E-state index contributed by atoms with van der Waals surface area (Å²) >= 11 is 0. The standard InChI is InChI=1S/C25H20O5P2/c26-25(19-11-15-21(16-12-19)29-31(27)23-7-3-1-4-8-23)20-13-17-22(18-14-20)30-32(28)24-9-5-2-6-10-24/h1-18,31-32H. The maximum absolute atomic E-state index is 12.8. The van der Waals surface area contributed by atoms with E-state index >= 15 is 0 Å². The molecule has 0 bridgehead atoms. The van der Waals surface area contributed by atoms with E-state index in [9.17, 15) is 13.9 Å². The first kappa shape index (κ1) is 21.8. The fourth-order valence-electron chi connectivity index (χ4n) is 3.00. The first-order valence-corrected chi connectivity index (χ1v) is 12.5. The second kappa shape index (κ2) is 10.3. The van der Waals surface area contributed by atoms with E-state index in [1.807, 2.05) is 12.1 Å². The highest BCUT2D eigenvalue weighted by molar-refractivity contribution is 7.49. The highest BCUT2D eigenvalue weighted by Gasteiger charge is 2.12. The molecule has 0 saturated heterocycles. The molecule has 5 nitrogen and oxygen atoms in total. The fraction of sp³-hybridized carbons (Fsp3) is 0. The van der Waals surface area contributed by atoms with Crippen molar-refractivity contribution in [3.05, 3.63) is 120 Å². The summed E-state index contributed by atoms with van der Waals surface area (Å²) in [5.41, 5.74) is 0.950. The zero-order valence-electron chi connectivity index (χ0n) is 16.9. The summed E-state index contributed by atoms with van der Waals surface area (Å²) in [6, 6.07) is 31.0. The lowest BCUT2D eigenvalue weighted by Crippen LogP contribution is -2.02. The first-order valence-electron chi connectivity index (χ1n) is 9.89. The lowest BCUT2D eigenvalue weighted by atomic mass is 10.0. The highest BCUT2D eigenvalue weighted by Crippen LogP contribution is 2.28. The van der Waals surface area contributed by atoms with E-state index in [-0.39, 0.29) is 5.78 Å². The molecule has 0 amide bonds. The van der Waals surface area contributed by atoms with Crippen molar-refractivity contribution in [3.8, 4) is 11.5 Å². The Morgan fingerprint density at radius 2 is 0.844 bits per heavy atom. The van der Waals surface area contributed by atoms with Gasteiger partial charge in [-0.25, -0.2) is 0 Å². The van der Waals surface area contributed by atoms with Gasteiger partial charge in [0.05, 0.1) is 0 Å². The van der Waals surface area contributed by atoms with E-state index in [0.717, 1.165) is 0 Å². The highest BCUT2D eigenvalue weighted by atomic mass is 31.1. The van der Waals surface area contributed by atoms with E-state index in [4.69, 9.17) is 9.05 Å². The lowest BCUT2D eigenvalue weighted by molar-refractivity contribution is 0.103. The molecule has 0 radical (unpaired) electrons. The second-order valence-corrected chi connectivity index (χ2v) is 9.60. The third-order valence-electron chi connectivity index (χ3n) is 4.67. The zero-order valence-corrected chi connectivity index (χ0v) is 18.9. The molecule has 0 heterocycles. The van der Waals surface area contributed by atoms with E-state index < -0.39 is 16.1 Å². The minimum atomic E-state index is -2.41. The van der Waals surface area contributed by atoms with Crippen LogP contribution >= 0.6 is 16.1 Å². The normalized spacial score (nSPS) is 12.5. The van der Waals surface area contributed by atoms with Gasteiger partial charge in [0.1, 0.15) is 11.5 Å². The number of carbonyl (C=O) groups is 1. The Kier molecular flexibility index (Phi) is 7.01. The predicted octanol–water partition coefficient (Wildman–Crippen LogP) is 5.28. The summed E-state index contributed by atoms with van der Waals surface area (Å²) in [7, 11) is -4.82. The molecule has 0 N–H and O–H groups in total. The van der Waals surface area contributed by atoms with Gasteiger partial charge in [0.15, 0.2) is 5.78 Å². The van der Waals surface area contributed by atoms with Gasteiger partial charge in [0, 0.05) is 21.7 Å². The van der Waals surface area contributed by atoms with Crippen LogP contribution in [0, 0.1) is 0 Å². The molecule has 0 aliphatic carbocycles. The third kappa shape index (κ3) is 5.45. The largest absolute Gasteiger partial charge is 0.442 e. The molecule has 160 valence electrons. The minimum Gasteiger partial charge on any atom is -0.442 e. The fourth-order valence-corrected chi connectivity index (χ4v) is 4.86. The molecule has 0 aliphatic heterocycles. The number of hydrogen-bond acceptors (Lipinski definition) is 5. The van der Waals surface area contributed by atoms with E-state index in [1.165, 1.54) is 0 Å². The van der Waals surface area contributed by atoms with Crippen LogP contribution in [0.2, 0.25) is 0 Å². The van der Waals surface area contributed by atoms with Crippen molar-refractivity contribution in [3.63, 3.8) is 0 Å². The maximum Gasteiger partial charge on any atom is 0.265 e.